The van der Waals surface area contributed by atoms with E-state index < -0.39 is 23.8 Å². The molecule has 3 N–H and O–H groups in total. The Labute approximate surface area is 73.8 Å². The van der Waals surface area contributed by atoms with Crippen LogP contribution in [0.4, 0.5) is 0 Å². The summed E-state index contributed by atoms with van der Waals surface area (Å²) in [5.74, 6) is -5.43. The molecular weight excluding hydrogens is 180 g/mol. The van der Waals surface area contributed by atoms with Crippen molar-refractivity contribution in [2.24, 2.45) is 5.92 Å². The van der Waals surface area contributed by atoms with Crippen LogP contribution in [0.1, 0.15) is 19.3 Å². The number of rotatable bonds is 6. The molecular formula is C7H10O6. The molecule has 6 heteroatoms. The quantitative estimate of drug-likeness (QED) is 0.509. The van der Waals surface area contributed by atoms with Gasteiger partial charge in [0.1, 0.15) is 0 Å². The number of hydrogen-bond donors (Lipinski definition) is 3. The summed E-state index contributed by atoms with van der Waals surface area (Å²) < 4.78 is 0. The number of aliphatic carboxylic acids is 3. The molecule has 13 heavy (non-hydrogen) atoms. The van der Waals surface area contributed by atoms with Crippen LogP contribution in [0.2, 0.25) is 0 Å². The predicted molar refractivity (Wildman–Crippen MR) is 40.2 cm³/mol. The maximum atomic E-state index is 10.3. The smallest absolute Gasteiger partial charge is 0.317 e. The summed E-state index contributed by atoms with van der Waals surface area (Å²) in [6, 6.07) is 0. The molecule has 0 amide bonds. The van der Waals surface area contributed by atoms with Gasteiger partial charge < -0.3 is 15.3 Å². The molecule has 0 saturated heterocycles. The van der Waals surface area contributed by atoms with Gasteiger partial charge >= 0.3 is 17.9 Å². The van der Waals surface area contributed by atoms with Crippen molar-refractivity contribution in [3.8, 4) is 0 Å². The monoisotopic (exact) mass is 190 g/mol. The highest BCUT2D eigenvalue weighted by atomic mass is 16.4. The highest BCUT2D eigenvalue weighted by Crippen LogP contribution is 2.09. The van der Waals surface area contributed by atoms with Crippen LogP contribution in [0.15, 0.2) is 0 Å². The van der Waals surface area contributed by atoms with Crippen molar-refractivity contribution in [1.29, 1.82) is 0 Å². The van der Waals surface area contributed by atoms with Gasteiger partial charge in [-0.1, -0.05) is 0 Å². The first-order valence-corrected chi connectivity index (χ1v) is 3.62. The van der Waals surface area contributed by atoms with Gasteiger partial charge in [-0.25, -0.2) is 0 Å². The fraction of sp³-hybridized carbons (Fsp3) is 0.571. The molecule has 0 aromatic carbocycles. The van der Waals surface area contributed by atoms with Crippen LogP contribution < -0.4 is 0 Å². The Balaban J connectivity index is 3.91. The number of carbonyl (C=O) groups is 3. The summed E-state index contributed by atoms with van der Waals surface area (Å²) in [6.07, 6.45) is -0.313. The third-order valence-electron chi connectivity index (χ3n) is 1.48. The van der Waals surface area contributed by atoms with Gasteiger partial charge in [-0.05, 0) is 12.8 Å². The maximum absolute atomic E-state index is 10.3. The van der Waals surface area contributed by atoms with E-state index >= 15 is 0 Å². The van der Waals surface area contributed by atoms with E-state index in [9.17, 15) is 14.4 Å². The normalized spacial score (nSPS) is 9.92. The van der Waals surface area contributed by atoms with Crippen molar-refractivity contribution in [2.75, 3.05) is 0 Å². The first-order chi connectivity index (χ1) is 5.95. The lowest BCUT2D eigenvalue weighted by Crippen LogP contribution is -2.23. The van der Waals surface area contributed by atoms with E-state index in [2.05, 4.69) is 0 Å². The van der Waals surface area contributed by atoms with Crippen molar-refractivity contribution in [3.63, 3.8) is 0 Å². The van der Waals surface area contributed by atoms with Crippen LogP contribution in [0, 0.1) is 5.92 Å². The minimum absolute atomic E-state index is 0.0542. The lowest BCUT2D eigenvalue weighted by molar-refractivity contribution is -0.155. The molecule has 0 aromatic rings. The second kappa shape index (κ2) is 5.13. The van der Waals surface area contributed by atoms with Crippen LogP contribution in [-0.2, 0) is 14.4 Å². The molecule has 0 heterocycles. The van der Waals surface area contributed by atoms with Crippen LogP contribution in [0.3, 0.4) is 0 Å². The van der Waals surface area contributed by atoms with E-state index in [4.69, 9.17) is 15.3 Å². The summed E-state index contributed by atoms with van der Waals surface area (Å²) in [7, 11) is 0. The van der Waals surface area contributed by atoms with Crippen molar-refractivity contribution in [2.45, 2.75) is 19.3 Å². The molecule has 0 atom stereocenters. The largest absolute Gasteiger partial charge is 0.481 e. The molecule has 0 fully saturated rings. The number of carboxylic acids is 3. The second-order valence-electron chi connectivity index (χ2n) is 2.52. The number of hydrogen-bond acceptors (Lipinski definition) is 3. The molecule has 0 saturated carbocycles. The van der Waals surface area contributed by atoms with E-state index in [-0.39, 0.29) is 19.3 Å². The third-order valence-corrected chi connectivity index (χ3v) is 1.48. The first-order valence-electron chi connectivity index (χ1n) is 3.62. The Morgan fingerprint density at radius 3 is 1.77 bits per heavy atom. The van der Waals surface area contributed by atoms with Gasteiger partial charge in [0, 0.05) is 6.42 Å². The first kappa shape index (κ1) is 11.4. The van der Waals surface area contributed by atoms with Crippen molar-refractivity contribution < 1.29 is 29.7 Å². The zero-order valence-corrected chi connectivity index (χ0v) is 6.77. The Morgan fingerprint density at radius 2 is 1.46 bits per heavy atom. The summed E-state index contributed by atoms with van der Waals surface area (Å²) in [4.78, 5) is 30.6. The lowest BCUT2D eigenvalue weighted by Gasteiger charge is -2.04. The van der Waals surface area contributed by atoms with Crippen LogP contribution in [-0.4, -0.2) is 33.2 Å². The highest BCUT2D eigenvalue weighted by molar-refractivity contribution is 5.92. The van der Waals surface area contributed by atoms with Gasteiger partial charge in [-0.2, -0.15) is 0 Å². The molecule has 0 aliphatic carbocycles. The van der Waals surface area contributed by atoms with E-state index in [1.165, 1.54) is 0 Å². The minimum atomic E-state index is -1.50. The van der Waals surface area contributed by atoms with E-state index in [0.29, 0.717) is 0 Å². The Morgan fingerprint density at radius 1 is 1.00 bits per heavy atom. The molecule has 0 rings (SSSR count). The molecule has 0 aliphatic heterocycles. The Bertz CT molecular complexity index is 207. The van der Waals surface area contributed by atoms with Crippen molar-refractivity contribution >= 4 is 17.9 Å². The SMILES string of the molecule is O=C(O)CCCC(C(=O)O)C(=O)O. The zero-order chi connectivity index (χ0) is 10.4. The molecule has 0 radical (unpaired) electrons. The molecule has 0 bridgehead atoms. The van der Waals surface area contributed by atoms with Crippen LogP contribution in [0.25, 0.3) is 0 Å². The van der Waals surface area contributed by atoms with Gasteiger partial charge in [0.15, 0.2) is 5.92 Å². The molecule has 0 aliphatic rings. The third kappa shape index (κ3) is 4.78. The molecule has 0 spiro atoms. The van der Waals surface area contributed by atoms with E-state index in [1.54, 1.807) is 0 Å². The van der Waals surface area contributed by atoms with Crippen LogP contribution in [0.5, 0.6) is 0 Å². The molecule has 0 aromatic heterocycles. The van der Waals surface area contributed by atoms with E-state index in [1.807, 2.05) is 0 Å². The van der Waals surface area contributed by atoms with Crippen molar-refractivity contribution in [1.82, 2.24) is 0 Å². The standard InChI is InChI=1S/C7H10O6/c8-5(9)3-1-2-4(6(10)11)7(12)13/h4H,1-3H2,(H,8,9)(H,10,11)(H,12,13). The van der Waals surface area contributed by atoms with Gasteiger partial charge in [-0.3, -0.25) is 14.4 Å². The van der Waals surface area contributed by atoms with Gasteiger partial charge in [0.05, 0.1) is 0 Å². The number of carboxylic acid groups (broad SMARTS) is 3. The summed E-state index contributed by atoms with van der Waals surface area (Å²) >= 11 is 0. The topological polar surface area (TPSA) is 112 Å². The summed E-state index contributed by atoms with van der Waals surface area (Å²) in [6.45, 7) is 0. The minimum Gasteiger partial charge on any atom is -0.481 e. The van der Waals surface area contributed by atoms with Gasteiger partial charge in [0.2, 0.25) is 0 Å². The van der Waals surface area contributed by atoms with Crippen molar-refractivity contribution in [3.05, 3.63) is 0 Å². The fourth-order valence-corrected chi connectivity index (χ4v) is 0.810. The van der Waals surface area contributed by atoms with E-state index in [0.717, 1.165) is 0 Å². The zero-order valence-electron chi connectivity index (χ0n) is 6.77. The second-order valence-corrected chi connectivity index (χ2v) is 2.52. The molecule has 0 unspecified atom stereocenters. The molecule has 6 nitrogen and oxygen atoms in total. The maximum Gasteiger partial charge on any atom is 0.317 e. The Kier molecular flexibility index (Phi) is 4.50. The summed E-state index contributed by atoms with van der Waals surface area (Å²) in [5, 5.41) is 25.0. The molecule has 74 valence electrons. The van der Waals surface area contributed by atoms with Gasteiger partial charge in [0.25, 0.3) is 0 Å². The predicted octanol–water partition coefficient (Wildman–Crippen LogP) is 0.0267. The Hall–Kier alpha value is -1.59. The highest BCUT2D eigenvalue weighted by Gasteiger charge is 2.25. The average molecular weight is 190 g/mol. The average Bonchev–Trinajstić information content (AvgIpc) is 1.95. The van der Waals surface area contributed by atoms with Gasteiger partial charge in [-0.15, -0.1) is 0 Å². The van der Waals surface area contributed by atoms with Crippen LogP contribution >= 0.6 is 0 Å². The summed E-state index contributed by atoms with van der Waals surface area (Å²) in [5.41, 5.74) is 0. The lowest BCUT2D eigenvalue weighted by atomic mass is 10.0. The fourth-order valence-electron chi connectivity index (χ4n) is 0.810.